The maximum Gasteiger partial charge on any atom is 0.426 e. The largest absolute Gasteiger partial charge is 0.426 e. The molecule has 2 aliphatic heterocycles. The van der Waals surface area contributed by atoms with Crippen LogP contribution in [0.3, 0.4) is 0 Å². The number of carbonyl (C=O) groups is 2. The molecule has 0 aliphatic carbocycles. The van der Waals surface area contributed by atoms with Crippen LogP contribution in [-0.2, 0) is 22.6 Å². The number of nitrogens with one attached hydrogen (secondary N) is 2. The van der Waals surface area contributed by atoms with Crippen molar-refractivity contribution in [3.05, 3.63) is 71.5 Å². The van der Waals surface area contributed by atoms with Crippen molar-refractivity contribution in [1.29, 1.82) is 0 Å². The van der Waals surface area contributed by atoms with Crippen LogP contribution in [0.4, 0.5) is 9.18 Å². The molecule has 2 aromatic rings. The van der Waals surface area contributed by atoms with Gasteiger partial charge in [0.15, 0.2) is 0 Å². The molecule has 1 spiro atoms. The highest BCUT2D eigenvalue weighted by Crippen LogP contribution is 2.35. The highest BCUT2D eigenvalue weighted by Gasteiger charge is 2.51. The first-order chi connectivity index (χ1) is 17.0. The summed E-state index contributed by atoms with van der Waals surface area (Å²) >= 11 is 1.72. The standard InChI is InChI=1S/C26H33FN4O3S/c1-35-18-12-23-24(32)31(19-21-7-9-22(27)10-8-21)26(29-23)13-16-30(17-14-26)34-25(33)28-15-11-20-5-3-2-4-6-20/h2-10,23,29H,11-19H2,1H3,(H,28,33). The highest BCUT2D eigenvalue weighted by molar-refractivity contribution is 7.98. The van der Waals surface area contributed by atoms with E-state index < -0.39 is 11.8 Å². The van der Waals surface area contributed by atoms with Crippen molar-refractivity contribution in [3.63, 3.8) is 0 Å². The Balaban J connectivity index is 1.33. The first-order valence-corrected chi connectivity index (χ1v) is 13.5. The molecule has 2 fully saturated rings. The number of hydrogen-bond acceptors (Lipinski definition) is 6. The third kappa shape index (κ3) is 6.54. The van der Waals surface area contributed by atoms with Gasteiger partial charge < -0.3 is 15.1 Å². The third-order valence-electron chi connectivity index (χ3n) is 6.68. The van der Waals surface area contributed by atoms with Gasteiger partial charge in [-0.25, -0.2) is 9.18 Å². The van der Waals surface area contributed by atoms with Crippen molar-refractivity contribution in [1.82, 2.24) is 20.6 Å². The van der Waals surface area contributed by atoms with Crippen molar-refractivity contribution < 1.29 is 18.8 Å². The SMILES string of the molecule is CSCCC1NC2(CCN(OC(=O)NCCc3ccccc3)CC2)N(Cc2ccc(F)cc2)C1=O. The third-order valence-corrected chi connectivity index (χ3v) is 7.32. The van der Waals surface area contributed by atoms with Crippen molar-refractivity contribution in [2.75, 3.05) is 31.6 Å². The molecule has 1 unspecified atom stereocenters. The van der Waals surface area contributed by atoms with E-state index in [1.54, 1.807) is 29.0 Å². The summed E-state index contributed by atoms with van der Waals surface area (Å²) < 4.78 is 13.4. The molecule has 0 saturated carbocycles. The second-order valence-corrected chi connectivity index (χ2v) is 10.0. The van der Waals surface area contributed by atoms with Crippen LogP contribution in [0.25, 0.3) is 0 Å². The van der Waals surface area contributed by atoms with Crippen LogP contribution >= 0.6 is 11.8 Å². The summed E-state index contributed by atoms with van der Waals surface area (Å²) in [4.78, 5) is 33.0. The second-order valence-electron chi connectivity index (χ2n) is 9.03. The molecule has 7 nitrogen and oxygen atoms in total. The lowest BCUT2D eigenvalue weighted by atomic mass is 9.96. The molecule has 2 amide bonds. The van der Waals surface area contributed by atoms with E-state index in [0.717, 1.165) is 29.7 Å². The zero-order valence-electron chi connectivity index (χ0n) is 20.0. The number of piperidine rings is 1. The molecule has 2 heterocycles. The number of carbonyl (C=O) groups excluding carboxylic acids is 2. The summed E-state index contributed by atoms with van der Waals surface area (Å²) in [5.74, 6) is 0.679. The van der Waals surface area contributed by atoms with Crippen LogP contribution in [0, 0.1) is 5.82 Å². The lowest BCUT2D eigenvalue weighted by molar-refractivity contribution is -0.148. The summed E-state index contributed by atoms with van der Waals surface area (Å²) in [6.07, 6.45) is 4.33. The first kappa shape index (κ1) is 25.5. The molecule has 2 saturated heterocycles. The summed E-state index contributed by atoms with van der Waals surface area (Å²) in [5, 5.41) is 8.08. The van der Waals surface area contributed by atoms with Gasteiger partial charge in [0.25, 0.3) is 0 Å². The van der Waals surface area contributed by atoms with Gasteiger partial charge >= 0.3 is 6.09 Å². The molecule has 0 bridgehead atoms. The van der Waals surface area contributed by atoms with Crippen LogP contribution in [-0.4, -0.2) is 65.3 Å². The van der Waals surface area contributed by atoms with Crippen LogP contribution in [0.1, 0.15) is 30.4 Å². The number of halogens is 1. The summed E-state index contributed by atoms with van der Waals surface area (Å²) in [7, 11) is 0. The minimum Gasteiger partial charge on any atom is -0.351 e. The molecule has 2 aromatic carbocycles. The van der Waals surface area contributed by atoms with E-state index in [9.17, 15) is 14.0 Å². The lowest BCUT2D eigenvalue weighted by Crippen LogP contribution is -2.59. The van der Waals surface area contributed by atoms with E-state index in [1.165, 1.54) is 12.1 Å². The highest BCUT2D eigenvalue weighted by atomic mass is 32.2. The van der Waals surface area contributed by atoms with Gasteiger partial charge in [0.1, 0.15) is 5.82 Å². The predicted molar refractivity (Wildman–Crippen MR) is 135 cm³/mol. The fourth-order valence-corrected chi connectivity index (χ4v) is 5.23. The predicted octanol–water partition coefficient (Wildman–Crippen LogP) is 3.56. The van der Waals surface area contributed by atoms with Crippen molar-refractivity contribution in [3.8, 4) is 0 Å². The number of amides is 2. The smallest absolute Gasteiger partial charge is 0.351 e. The van der Waals surface area contributed by atoms with Gasteiger partial charge in [-0.15, -0.1) is 5.06 Å². The van der Waals surface area contributed by atoms with Gasteiger partial charge in [-0.2, -0.15) is 11.8 Å². The zero-order valence-corrected chi connectivity index (χ0v) is 20.9. The molecule has 188 valence electrons. The number of benzene rings is 2. The molecule has 0 aromatic heterocycles. The van der Waals surface area contributed by atoms with E-state index in [1.807, 2.05) is 41.5 Å². The van der Waals surface area contributed by atoms with Gasteiger partial charge in [0, 0.05) is 39.0 Å². The van der Waals surface area contributed by atoms with E-state index in [2.05, 4.69) is 10.6 Å². The van der Waals surface area contributed by atoms with Crippen molar-refractivity contribution >= 4 is 23.8 Å². The van der Waals surface area contributed by atoms with E-state index in [0.29, 0.717) is 39.0 Å². The summed E-state index contributed by atoms with van der Waals surface area (Å²) in [5.41, 5.74) is 1.54. The molecule has 2 N–H and O–H groups in total. The molecular formula is C26H33FN4O3S. The fourth-order valence-electron chi connectivity index (χ4n) is 4.76. The number of nitrogens with zero attached hydrogens (tertiary/aromatic N) is 2. The van der Waals surface area contributed by atoms with Crippen LogP contribution in [0.2, 0.25) is 0 Å². The van der Waals surface area contributed by atoms with Gasteiger partial charge in [-0.3, -0.25) is 10.1 Å². The van der Waals surface area contributed by atoms with E-state index >= 15 is 0 Å². The topological polar surface area (TPSA) is 73.9 Å². The molecule has 0 radical (unpaired) electrons. The lowest BCUT2D eigenvalue weighted by Gasteiger charge is -2.43. The van der Waals surface area contributed by atoms with Gasteiger partial charge in [-0.05, 0) is 48.1 Å². The second kappa shape index (κ2) is 11.9. The van der Waals surface area contributed by atoms with Crippen LogP contribution < -0.4 is 10.6 Å². The van der Waals surface area contributed by atoms with E-state index in [-0.39, 0.29) is 17.8 Å². The van der Waals surface area contributed by atoms with Gasteiger partial charge in [0.2, 0.25) is 5.91 Å². The van der Waals surface area contributed by atoms with Gasteiger partial charge in [-0.1, -0.05) is 42.5 Å². The number of rotatable bonds is 9. The van der Waals surface area contributed by atoms with Crippen LogP contribution in [0.15, 0.2) is 54.6 Å². The van der Waals surface area contributed by atoms with Crippen molar-refractivity contribution in [2.45, 2.75) is 43.9 Å². The molecule has 2 aliphatic rings. The summed E-state index contributed by atoms with van der Waals surface area (Å²) in [6.45, 7) is 1.95. The van der Waals surface area contributed by atoms with Gasteiger partial charge in [0.05, 0.1) is 11.7 Å². The molecule has 4 rings (SSSR count). The Bertz CT molecular complexity index is 984. The van der Waals surface area contributed by atoms with Crippen LogP contribution in [0.5, 0.6) is 0 Å². The maximum atomic E-state index is 13.4. The Morgan fingerprint density at radius 1 is 1.14 bits per heavy atom. The Morgan fingerprint density at radius 3 is 2.54 bits per heavy atom. The number of hydrogen-bond donors (Lipinski definition) is 2. The number of thioether (sulfide) groups is 1. The normalized spacial score (nSPS) is 19.8. The Labute approximate surface area is 210 Å². The average molecular weight is 501 g/mol. The number of hydroxylamine groups is 2. The molecule has 1 atom stereocenters. The molecule has 35 heavy (non-hydrogen) atoms. The quantitative estimate of drug-likeness (QED) is 0.549. The van der Waals surface area contributed by atoms with Crippen molar-refractivity contribution in [2.24, 2.45) is 0 Å². The average Bonchev–Trinajstić information content (AvgIpc) is 3.11. The summed E-state index contributed by atoms with van der Waals surface area (Å²) in [6, 6.07) is 16.0. The minimum atomic E-state index is -0.502. The minimum absolute atomic E-state index is 0.0800. The fraction of sp³-hybridized carbons (Fsp3) is 0.462. The first-order valence-electron chi connectivity index (χ1n) is 12.1. The van der Waals surface area contributed by atoms with E-state index in [4.69, 9.17) is 4.84 Å². The monoisotopic (exact) mass is 500 g/mol. The zero-order chi connectivity index (χ0) is 24.7. The Hall–Kier alpha value is -2.62. The maximum absolute atomic E-state index is 13.4. The Kier molecular flexibility index (Phi) is 8.64. The molecular weight excluding hydrogens is 467 g/mol. The Morgan fingerprint density at radius 2 is 1.86 bits per heavy atom. The molecule has 9 heteroatoms.